The summed E-state index contributed by atoms with van der Waals surface area (Å²) in [6.07, 6.45) is 8.60. The van der Waals surface area contributed by atoms with Gasteiger partial charge in [0.25, 0.3) is 0 Å². The molecule has 0 aromatic carbocycles. The van der Waals surface area contributed by atoms with Crippen molar-refractivity contribution >= 4 is 11.3 Å². The molecule has 1 saturated carbocycles. The van der Waals surface area contributed by atoms with Crippen LogP contribution in [0, 0.1) is 11.8 Å². The van der Waals surface area contributed by atoms with Gasteiger partial charge in [-0.15, -0.1) is 11.3 Å². The Kier molecular flexibility index (Phi) is 4.32. The molecule has 1 fully saturated rings. The van der Waals surface area contributed by atoms with Crippen LogP contribution in [0.1, 0.15) is 49.9 Å². The van der Waals surface area contributed by atoms with E-state index in [-0.39, 0.29) is 0 Å². The third kappa shape index (κ3) is 2.62. The van der Waals surface area contributed by atoms with Crippen molar-refractivity contribution in [3.63, 3.8) is 0 Å². The summed E-state index contributed by atoms with van der Waals surface area (Å²) in [5, 5.41) is 0. The van der Waals surface area contributed by atoms with E-state index in [1.165, 1.54) is 37.0 Å². The normalized spacial score (nSPS) is 27.9. The van der Waals surface area contributed by atoms with Gasteiger partial charge >= 0.3 is 0 Å². The Labute approximate surface area is 101 Å². The van der Waals surface area contributed by atoms with Crippen LogP contribution in [0.2, 0.25) is 0 Å². The number of nitrogens with zero attached hydrogens (tertiary/aromatic N) is 1. The maximum Gasteiger partial charge on any atom is 0.0794 e. The highest BCUT2D eigenvalue weighted by Gasteiger charge is 2.28. The van der Waals surface area contributed by atoms with E-state index in [9.17, 15) is 0 Å². The molecule has 0 saturated heterocycles. The van der Waals surface area contributed by atoms with E-state index in [4.69, 9.17) is 5.84 Å². The molecule has 3 atom stereocenters. The van der Waals surface area contributed by atoms with E-state index in [0.717, 1.165) is 5.92 Å². The predicted molar refractivity (Wildman–Crippen MR) is 67.9 cm³/mol. The van der Waals surface area contributed by atoms with Crippen LogP contribution < -0.4 is 11.3 Å². The number of hydrogen-bond acceptors (Lipinski definition) is 4. The lowest BCUT2D eigenvalue weighted by Crippen LogP contribution is -2.35. The molecule has 3 N–H and O–H groups in total. The van der Waals surface area contributed by atoms with Gasteiger partial charge in [0, 0.05) is 11.1 Å². The SMILES string of the molecule is CCC1CCCC(C(NN)c2cncs2)C1. The van der Waals surface area contributed by atoms with Crippen molar-refractivity contribution in [2.24, 2.45) is 17.7 Å². The van der Waals surface area contributed by atoms with E-state index in [1.54, 1.807) is 11.3 Å². The number of hydrazine groups is 1. The summed E-state index contributed by atoms with van der Waals surface area (Å²) in [7, 11) is 0. The zero-order valence-electron chi connectivity index (χ0n) is 9.86. The Morgan fingerprint density at radius 3 is 3.12 bits per heavy atom. The Bertz CT molecular complexity index is 299. The molecule has 1 heterocycles. The van der Waals surface area contributed by atoms with Crippen LogP contribution in [-0.2, 0) is 0 Å². The summed E-state index contributed by atoms with van der Waals surface area (Å²) in [5.41, 5.74) is 4.88. The minimum atomic E-state index is 0.307. The van der Waals surface area contributed by atoms with Gasteiger partial charge in [0.05, 0.1) is 11.6 Å². The average molecular weight is 239 g/mol. The van der Waals surface area contributed by atoms with Gasteiger partial charge in [-0.1, -0.05) is 26.2 Å². The fourth-order valence-electron chi connectivity index (χ4n) is 2.84. The van der Waals surface area contributed by atoms with Gasteiger partial charge in [-0.05, 0) is 24.7 Å². The molecule has 1 aliphatic rings. The van der Waals surface area contributed by atoms with Crippen LogP contribution in [0.3, 0.4) is 0 Å². The zero-order chi connectivity index (χ0) is 11.4. The number of thiazole rings is 1. The molecular formula is C12H21N3S. The van der Waals surface area contributed by atoms with Crippen LogP contribution in [0.25, 0.3) is 0 Å². The number of nitrogens with two attached hydrogens (primary N) is 1. The van der Waals surface area contributed by atoms with E-state index < -0.39 is 0 Å². The molecule has 0 amide bonds. The monoisotopic (exact) mass is 239 g/mol. The molecule has 0 spiro atoms. The van der Waals surface area contributed by atoms with Gasteiger partial charge in [0.15, 0.2) is 0 Å². The van der Waals surface area contributed by atoms with Crippen LogP contribution in [0.15, 0.2) is 11.7 Å². The standard InChI is InChI=1S/C12H21N3S/c1-2-9-4-3-5-10(6-9)12(15-13)11-7-14-8-16-11/h7-10,12,15H,2-6,13H2,1H3. The minimum absolute atomic E-state index is 0.307. The Hall–Kier alpha value is -0.450. The molecular weight excluding hydrogens is 218 g/mol. The molecule has 90 valence electrons. The van der Waals surface area contributed by atoms with Gasteiger partial charge in [0.1, 0.15) is 0 Å². The lowest BCUT2D eigenvalue weighted by atomic mass is 9.76. The van der Waals surface area contributed by atoms with Gasteiger partial charge < -0.3 is 0 Å². The quantitative estimate of drug-likeness (QED) is 0.627. The van der Waals surface area contributed by atoms with Crippen molar-refractivity contribution in [2.45, 2.75) is 45.1 Å². The number of hydrogen-bond donors (Lipinski definition) is 2. The fourth-order valence-corrected chi connectivity index (χ4v) is 3.61. The van der Waals surface area contributed by atoms with Crippen molar-refractivity contribution in [2.75, 3.05) is 0 Å². The number of rotatable bonds is 4. The maximum absolute atomic E-state index is 5.71. The van der Waals surface area contributed by atoms with Crippen molar-refractivity contribution < 1.29 is 0 Å². The third-order valence-electron chi connectivity index (χ3n) is 3.81. The molecule has 3 unspecified atom stereocenters. The van der Waals surface area contributed by atoms with Crippen LogP contribution >= 0.6 is 11.3 Å². The highest BCUT2D eigenvalue weighted by atomic mass is 32.1. The van der Waals surface area contributed by atoms with Crippen molar-refractivity contribution in [3.8, 4) is 0 Å². The summed E-state index contributed by atoms with van der Waals surface area (Å²) < 4.78 is 0. The Morgan fingerprint density at radius 2 is 2.50 bits per heavy atom. The molecule has 1 aromatic heterocycles. The molecule has 1 aromatic rings. The first kappa shape index (κ1) is 12.0. The van der Waals surface area contributed by atoms with E-state index in [1.807, 2.05) is 11.7 Å². The molecule has 3 nitrogen and oxygen atoms in total. The van der Waals surface area contributed by atoms with Crippen molar-refractivity contribution in [1.29, 1.82) is 0 Å². The summed E-state index contributed by atoms with van der Waals surface area (Å²) >= 11 is 1.70. The number of nitrogens with one attached hydrogen (secondary N) is 1. The lowest BCUT2D eigenvalue weighted by molar-refractivity contribution is 0.211. The summed E-state index contributed by atoms with van der Waals surface area (Å²) in [4.78, 5) is 5.43. The lowest BCUT2D eigenvalue weighted by Gasteiger charge is -2.33. The smallest absolute Gasteiger partial charge is 0.0794 e. The van der Waals surface area contributed by atoms with Crippen LogP contribution in [0.5, 0.6) is 0 Å². The van der Waals surface area contributed by atoms with Crippen molar-refractivity contribution in [3.05, 3.63) is 16.6 Å². The topological polar surface area (TPSA) is 50.9 Å². The Balaban J connectivity index is 2.03. The van der Waals surface area contributed by atoms with Gasteiger partial charge in [-0.25, -0.2) is 0 Å². The van der Waals surface area contributed by atoms with E-state index in [0.29, 0.717) is 12.0 Å². The zero-order valence-corrected chi connectivity index (χ0v) is 10.7. The van der Waals surface area contributed by atoms with Crippen molar-refractivity contribution in [1.82, 2.24) is 10.4 Å². The average Bonchev–Trinajstić information content (AvgIpc) is 2.84. The second-order valence-electron chi connectivity index (χ2n) is 4.75. The largest absolute Gasteiger partial charge is 0.271 e. The third-order valence-corrected chi connectivity index (χ3v) is 4.67. The summed E-state index contributed by atoms with van der Waals surface area (Å²) in [6, 6.07) is 0.307. The minimum Gasteiger partial charge on any atom is -0.271 e. The maximum atomic E-state index is 5.71. The first-order valence-corrected chi connectivity index (χ1v) is 7.07. The number of aromatic nitrogens is 1. The second-order valence-corrected chi connectivity index (χ2v) is 5.67. The summed E-state index contributed by atoms with van der Waals surface area (Å²) in [6.45, 7) is 2.30. The molecule has 1 aliphatic carbocycles. The molecule has 16 heavy (non-hydrogen) atoms. The molecule has 0 bridgehead atoms. The first-order chi connectivity index (χ1) is 7.85. The van der Waals surface area contributed by atoms with Gasteiger partial charge in [0.2, 0.25) is 0 Å². The highest BCUT2D eigenvalue weighted by molar-refractivity contribution is 7.09. The molecule has 0 aliphatic heterocycles. The summed E-state index contributed by atoms with van der Waals surface area (Å²) in [5.74, 6) is 7.29. The first-order valence-electron chi connectivity index (χ1n) is 6.19. The predicted octanol–water partition coefficient (Wildman–Crippen LogP) is 2.86. The van der Waals surface area contributed by atoms with E-state index >= 15 is 0 Å². The highest BCUT2D eigenvalue weighted by Crippen LogP contribution is 2.38. The molecule has 0 radical (unpaired) electrons. The molecule has 2 rings (SSSR count). The molecule has 4 heteroatoms. The van der Waals surface area contributed by atoms with Gasteiger partial charge in [-0.2, -0.15) is 0 Å². The van der Waals surface area contributed by atoms with E-state index in [2.05, 4.69) is 17.3 Å². The van der Waals surface area contributed by atoms with Crippen LogP contribution in [-0.4, -0.2) is 4.98 Å². The Morgan fingerprint density at radius 1 is 1.62 bits per heavy atom. The van der Waals surface area contributed by atoms with Crippen LogP contribution in [0.4, 0.5) is 0 Å². The fraction of sp³-hybridized carbons (Fsp3) is 0.750. The van der Waals surface area contributed by atoms with Gasteiger partial charge in [-0.3, -0.25) is 16.3 Å². The second kappa shape index (κ2) is 5.75.